The lowest BCUT2D eigenvalue weighted by Crippen LogP contribution is -2.17. The first-order chi connectivity index (χ1) is 8.78. The van der Waals surface area contributed by atoms with Crippen LogP contribution in [0.15, 0.2) is 24.3 Å². The van der Waals surface area contributed by atoms with Crippen molar-refractivity contribution in [3.63, 3.8) is 0 Å². The third kappa shape index (κ3) is 2.18. The molecule has 2 aliphatic carbocycles. The van der Waals surface area contributed by atoms with Gasteiger partial charge in [-0.3, -0.25) is 0 Å². The Morgan fingerprint density at radius 3 is 2.67 bits per heavy atom. The van der Waals surface area contributed by atoms with E-state index in [9.17, 15) is 9.50 Å². The highest BCUT2D eigenvalue weighted by atomic mass is 19.1. The molecule has 2 heteroatoms. The van der Waals surface area contributed by atoms with Crippen LogP contribution in [0.2, 0.25) is 0 Å². The highest BCUT2D eigenvalue weighted by molar-refractivity contribution is 5.22. The quantitative estimate of drug-likeness (QED) is 0.861. The summed E-state index contributed by atoms with van der Waals surface area (Å²) in [6, 6.07) is 6.90. The van der Waals surface area contributed by atoms with Gasteiger partial charge in [0.1, 0.15) is 5.82 Å². The molecule has 0 saturated heterocycles. The van der Waals surface area contributed by atoms with Crippen molar-refractivity contribution in [2.75, 3.05) is 6.61 Å². The van der Waals surface area contributed by atoms with Crippen molar-refractivity contribution in [3.8, 4) is 0 Å². The third-order valence-electron chi connectivity index (χ3n) is 5.04. The minimum absolute atomic E-state index is 0.0180. The summed E-state index contributed by atoms with van der Waals surface area (Å²) in [6.45, 7) is 0.0643. The summed E-state index contributed by atoms with van der Waals surface area (Å²) < 4.78 is 13.8. The molecule has 0 heterocycles. The predicted octanol–water partition coefficient (Wildman–Crippen LogP) is 3.73. The van der Waals surface area contributed by atoms with Crippen molar-refractivity contribution >= 4 is 0 Å². The SMILES string of the molecule is OCC(CC1CC2CCC1C2)c1ccccc1F. The zero-order valence-electron chi connectivity index (χ0n) is 10.7. The maximum absolute atomic E-state index is 13.8. The van der Waals surface area contributed by atoms with Crippen LogP contribution in [0.25, 0.3) is 0 Å². The summed E-state index contributed by atoms with van der Waals surface area (Å²) in [4.78, 5) is 0. The van der Waals surface area contributed by atoms with Crippen LogP contribution in [-0.4, -0.2) is 11.7 Å². The summed E-state index contributed by atoms with van der Waals surface area (Å²) in [7, 11) is 0. The van der Waals surface area contributed by atoms with E-state index in [2.05, 4.69) is 0 Å². The molecule has 0 spiro atoms. The number of halogens is 1. The fourth-order valence-corrected chi connectivity index (χ4v) is 4.14. The molecule has 98 valence electrons. The van der Waals surface area contributed by atoms with Gasteiger partial charge in [0, 0.05) is 5.92 Å². The Morgan fingerprint density at radius 1 is 1.22 bits per heavy atom. The largest absolute Gasteiger partial charge is 0.396 e. The Balaban J connectivity index is 1.72. The monoisotopic (exact) mass is 248 g/mol. The van der Waals surface area contributed by atoms with E-state index in [0.29, 0.717) is 11.5 Å². The summed E-state index contributed by atoms with van der Waals surface area (Å²) in [6.07, 6.45) is 6.38. The lowest BCUT2D eigenvalue weighted by atomic mass is 9.80. The second-order valence-corrected chi connectivity index (χ2v) is 6.07. The summed E-state index contributed by atoms with van der Waals surface area (Å²) in [5.41, 5.74) is 0.697. The van der Waals surface area contributed by atoms with E-state index in [1.54, 1.807) is 6.07 Å². The Morgan fingerprint density at radius 2 is 2.06 bits per heavy atom. The lowest BCUT2D eigenvalue weighted by molar-refractivity contribution is 0.216. The molecule has 2 saturated carbocycles. The van der Waals surface area contributed by atoms with Gasteiger partial charge in [-0.2, -0.15) is 0 Å². The van der Waals surface area contributed by atoms with E-state index < -0.39 is 0 Å². The van der Waals surface area contributed by atoms with Crippen molar-refractivity contribution in [2.45, 2.75) is 38.0 Å². The second kappa shape index (κ2) is 5.00. The van der Waals surface area contributed by atoms with Gasteiger partial charge in [-0.05, 0) is 55.1 Å². The van der Waals surface area contributed by atoms with Crippen LogP contribution in [0, 0.1) is 23.6 Å². The topological polar surface area (TPSA) is 20.2 Å². The number of fused-ring (bicyclic) bond motifs is 2. The molecule has 1 N–H and O–H groups in total. The van der Waals surface area contributed by atoms with E-state index in [4.69, 9.17) is 0 Å². The molecule has 1 aromatic carbocycles. The van der Waals surface area contributed by atoms with E-state index in [1.165, 1.54) is 31.7 Å². The van der Waals surface area contributed by atoms with Crippen molar-refractivity contribution < 1.29 is 9.50 Å². The molecule has 1 nitrogen and oxygen atoms in total. The van der Waals surface area contributed by atoms with Gasteiger partial charge in [-0.25, -0.2) is 4.39 Å². The lowest BCUT2D eigenvalue weighted by Gasteiger charge is -2.26. The predicted molar refractivity (Wildman–Crippen MR) is 69.8 cm³/mol. The van der Waals surface area contributed by atoms with Gasteiger partial charge in [0.2, 0.25) is 0 Å². The molecule has 3 rings (SSSR count). The molecule has 0 aliphatic heterocycles. The molecule has 0 amide bonds. The molecular weight excluding hydrogens is 227 g/mol. The van der Waals surface area contributed by atoms with Crippen LogP contribution in [0.4, 0.5) is 4.39 Å². The van der Waals surface area contributed by atoms with E-state index >= 15 is 0 Å². The minimum Gasteiger partial charge on any atom is -0.396 e. The highest BCUT2D eigenvalue weighted by Crippen LogP contribution is 2.51. The number of aliphatic hydroxyl groups is 1. The van der Waals surface area contributed by atoms with Gasteiger partial charge >= 0.3 is 0 Å². The molecule has 2 fully saturated rings. The molecule has 4 unspecified atom stereocenters. The molecule has 0 aromatic heterocycles. The molecule has 18 heavy (non-hydrogen) atoms. The normalized spacial score (nSPS) is 31.8. The molecule has 1 aromatic rings. The van der Waals surface area contributed by atoms with Crippen LogP contribution in [-0.2, 0) is 0 Å². The summed E-state index contributed by atoms with van der Waals surface area (Å²) >= 11 is 0. The zero-order chi connectivity index (χ0) is 12.5. The van der Waals surface area contributed by atoms with Gasteiger partial charge in [0.05, 0.1) is 6.61 Å². The number of hydrogen-bond donors (Lipinski definition) is 1. The summed E-state index contributed by atoms with van der Waals surface area (Å²) in [5, 5.41) is 9.57. The van der Waals surface area contributed by atoms with E-state index in [0.717, 1.165) is 18.3 Å². The Kier molecular flexibility index (Phi) is 3.38. The number of benzene rings is 1. The van der Waals surface area contributed by atoms with Crippen LogP contribution < -0.4 is 0 Å². The Hall–Kier alpha value is -0.890. The molecule has 2 aliphatic rings. The number of rotatable bonds is 4. The van der Waals surface area contributed by atoms with Crippen LogP contribution in [0.1, 0.15) is 43.6 Å². The highest BCUT2D eigenvalue weighted by Gasteiger charge is 2.40. The van der Waals surface area contributed by atoms with Crippen LogP contribution in [0.3, 0.4) is 0 Å². The number of aliphatic hydroxyl groups excluding tert-OH is 1. The van der Waals surface area contributed by atoms with Crippen molar-refractivity contribution in [2.24, 2.45) is 17.8 Å². The fraction of sp³-hybridized carbons (Fsp3) is 0.625. The summed E-state index contributed by atoms with van der Waals surface area (Å²) in [5.74, 6) is 2.28. The van der Waals surface area contributed by atoms with Crippen molar-refractivity contribution in [1.29, 1.82) is 0 Å². The van der Waals surface area contributed by atoms with Crippen molar-refractivity contribution in [3.05, 3.63) is 35.6 Å². The first-order valence-electron chi connectivity index (χ1n) is 7.13. The van der Waals surface area contributed by atoms with Crippen LogP contribution >= 0.6 is 0 Å². The molecule has 4 atom stereocenters. The second-order valence-electron chi connectivity index (χ2n) is 6.07. The van der Waals surface area contributed by atoms with E-state index in [1.807, 2.05) is 12.1 Å². The van der Waals surface area contributed by atoms with Crippen LogP contribution in [0.5, 0.6) is 0 Å². The fourth-order valence-electron chi connectivity index (χ4n) is 4.14. The Labute approximate surface area is 108 Å². The average Bonchev–Trinajstić information content (AvgIpc) is 2.99. The standard InChI is InChI=1S/C16H21FO/c17-16-4-2-1-3-15(16)14(10-18)9-13-8-11-5-6-12(13)7-11/h1-4,11-14,18H,5-10H2. The maximum atomic E-state index is 13.8. The van der Waals surface area contributed by atoms with Gasteiger partial charge in [-0.15, -0.1) is 0 Å². The smallest absolute Gasteiger partial charge is 0.126 e. The van der Waals surface area contributed by atoms with Gasteiger partial charge in [-0.1, -0.05) is 24.6 Å². The van der Waals surface area contributed by atoms with Gasteiger partial charge < -0.3 is 5.11 Å². The molecule has 2 bridgehead atoms. The van der Waals surface area contributed by atoms with E-state index in [-0.39, 0.29) is 18.3 Å². The molecule has 0 radical (unpaired) electrons. The number of hydrogen-bond acceptors (Lipinski definition) is 1. The first-order valence-corrected chi connectivity index (χ1v) is 7.13. The zero-order valence-corrected chi connectivity index (χ0v) is 10.7. The van der Waals surface area contributed by atoms with Gasteiger partial charge in [0.25, 0.3) is 0 Å². The Bertz CT molecular complexity index is 417. The first kappa shape index (κ1) is 12.2. The third-order valence-corrected chi connectivity index (χ3v) is 5.04. The average molecular weight is 248 g/mol. The van der Waals surface area contributed by atoms with Crippen molar-refractivity contribution in [1.82, 2.24) is 0 Å². The maximum Gasteiger partial charge on any atom is 0.126 e. The van der Waals surface area contributed by atoms with Gasteiger partial charge in [0.15, 0.2) is 0 Å². The minimum atomic E-state index is -0.167. The molecular formula is C16H21FO.